The van der Waals surface area contributed by atoms with Gasteiger partial charge in [-0.1, -0.05) is 13.8 Å². The van der Waals surface area contributed by atoms with Crippen LogP contribution in [0.1, 0.15) is 13.8 Å². The fourth-order valence-corrected chi connectivity index (χ4v) is 5.61. The van der Waals surface area contributed by atoms with E-state index in [4.69, 9.17) is 18.0 Å². The van der Waals surface area contributed by atoms with E-state index in [9.17, 15) is 0 Å². The molecule has 0 aliphatic carbocycles. The first kappa shape index (κ1) is 22.5. The van der Waals surface area contributed by atoms with Crippen LogP contribution in [0.4, 0.5) is 0 Å². The first-order valence-corrected chi connectivity index (χ1v) is 19.5. The van der Waals surface area contributed by atoms with Crippen LogP contribution >= 0.6 is 0 Å². The van der Waals surface area contributed by atoms with Crippen molar-refractivity contribution in [1.82, 2.24) is 0 Å². The monoisotopic (exact) mass is 392 g/mol. The van der Waals surface area contributed by atoms with Crippen molar-refractivity contribution in [2.45, 2.75) is 91.3 Å². The van der Waals surface area contributed by atoms with Crippen LogP contribution in [0.5, 0.6) is 0 Å². The molecular formula is C17H40O4Si3. The second kappa shape index (κ2) is 8.02. The molecule has 0 aromatic carbocycles. The molecule has 24 heavy (non-hydrogen) atoms. The van der Waals surface area contributed by atoms with Gasteiger partial charge < -0.3 is 18.0 Å². The summed E-state index contributed by atoms with van der Waals surface area (Å²) in [5.41, 5.74) is 0. The second-order valence-corrected chi connectivity index (χ2v) is 23.5. The smallest absolute Gasteiger partial charge is 0.187 e. The van der Waals surface area contributed by atoms with Crippen molar-refractivity contribution in [3.8, 4) is 0 Å². The Morgan fingerprint density at radius 1 is 0.708 bits per heavy atom. The molecule has 0 aromatic heterocycles. The fourth-order valence-electron chi connectivity index (χ4n) is 2.80. The standard InChI is InChI=1S/C17H40O4Si3/c1-13-14(2)17(21-24(9,10)11)19-15(12-18-22(3,4)5)16(13)20-23(6,7)8/h13-17H,12H2,1-11H3/t13-,14+,15-,16+,17-/m1/s1. The van der Waals surface area contributed by atoms with Gasteiger partial charge in [-0.05, 0) is 64.8 Å². The molecular weight excluding hydrogens is 352 g/mol. The van der Waals surface area contributed by atoms with Gasteiger partial charge in [0.05, 0.1) is 12.7 Å². The van der Waals surface area contributed by atoms with Crippen molar-refractivity contribution in [2.24, 2.45) is 11.8 Å². The van der Waals surface area contributed by atoms with Crippen molar-refractivity contribution >= 4 is 25.0 Å². The van der Waals surface area contributed by atoms with Crippen molar-refractivity contribution < 1.29 is 18.0 Å². The normalized spacial score (nSPS) is 32.9. The van der Waals surface area contributed by atoms with Gasteiger partial charge in [0, 0.05) is 5.92 Å². The average Bonchev–Trinajstić information content (AvgIpc) is 2.33. The minimum atomic E-state index is -1.66. The molecule has 0 spiro atoms. The summed E-state index contributed by atoms with van der Waals surface area (Å²) in [6.07, 6.45) is -0.108. The third kappa shape index (κ3) is 7.80. The molecule has 1 saturated heterocycles. The van der Waals surface area contributed by atoms with Crippen molar-refractivity contribution in [1.29, 1.82) is 0 Å². The van der Waals surface area contributed by atoms with Crippen LogP contribution < -0.4 is 0 Å². The lowest BCUT2D eigenvalue weighted by Crippen LogP contribution is -2.57. The minimum absolute atomic E-state index is 0.0454. The SMILES string of the molecule is C[C@@H]1[C@@H](O[Si](C)(C)C)O[C@H](CO[Si](C)(C)C)[C@@H](O[Si](C)(C)C)[C@@H]1C. The maximum atomic E-state index is 6.52. The van der Waals surface area contributed by atoms with Crippen LogP contribution in [-0.2, 0) is 18.0 Å². The average molecular weight is 393 g/mol. The molecule has 1 heterocycles. The molecule has 1 aliphatic rings. The number of hydrogen-bond acceptors (Lipinski definition) is 4. The van der Waals surface area contributed by atoms with E-state index in [1.807, 2.05) is 0 Å². The van der Waals surface area contributed by atoms with E-state index >= 15 is 0 Å². The maximum absolute atomic E-state index is 6.52. The lowest BCUT2D eigenvalue weighted by molar-refractivity contribution is -0.237. The second-order valence-electron chi connectivity index (χ2n) is 10.1. The predicted octanol–water partition coefficient (Wildman–Crippen LogP) is 4.91. The van der Waals surface area contributed by atoms with Gasteiger partial charge in [-0.15, -0.1) is 0 Å². The van der Waals surface area contributed by atoms with Gasteiger partial charge in [0.1, 0.15) is 6.10 Å². The largest absolute Gasteiger partial charge is 0.415 e. The van der Waals surface area contributed by atoms with E-state index in [0.717, 1.165) is 0 Å². The molecule has 1 aliphatic heterocycles. The summed E-state index contributed by atoms with van der Waals surface area (Å²) in [6, 6.07) is 0. The minimum Gasteiger partial charge on any atom is -0.415 e. The zero-order valence-corrected chi connectivity index (χ0v) is 20.7. The maximum Gasteiger partial charge on any atom is 0.187 e. The molecule has 144 valence electrons. The highest BCUT2D eigenvalue weighted by atomic mass is 28.4. The molecule has 7 heteroatoms. The lowest BCUT2D eigenvalue weighted by atomic mass is 9.85. The quantitative estimate of drug-likeness (QED) is 0.577. The van der Waals surface area contributed by atoms with Crippen LogP contribution in [0.3, 0.4) is 0 Å². The van der Waals surface area contributed by atoms with E-state index in [1.54, 1.807) is 0 Å². The Hall–Kier alpha value is 0.491. The lowest BCUT2D eigenvalue weighted by Gasteiger charge is -2.48. The number of rotatable bonds is 7. The van der Waals surface area contributed by atoms with E-state index in [1.165, 1.54) is 0 Å². The topological polar surface area (TPSA) is 36.9 Å². The summed E-state index contributed by atoms with van der Waals surface area (Å²) in [5.74, 6) is 0.711. The fraction of sp³-hybridized carbons (Fsp3) is 1.00. The Balaban J connectivity index is 2.95. The van der Waals surface area contributed by atoms with E-state index in [0.29, 0.717) is 18.4 Å². The molecule has 0 N–H and O–H groups in total. The highest BCUT2D eigenvalue weighted by Crippen LogP contribution is 2.36. The summed E-state index contributed by atoms with van der Waals surface area (Å²) >= 11 is 0. The zero-order chi connectivity index (χ0) is 18.9. The van der Waals surface area contributed by atoms with Crippen LogP contribution in [0.25, 0.3) is 0 Å². The molecule has 0 radical (unpaired) electrons. The Kier molecular flexibility index (Phi) is 7.53. The molecule has 0 bridgehead atoms. The summed E-state index contributed by atoms with van der Waals surface area (Å²) < 4.78 is 25.4. The third-order valence-electron chi connectivity index (χ3n) is 4.09. The van der Waals surface area contributed by atoms with Crippen LogP contribution in [0.15, 0.2) is 0 Å². The summed E-state index contributed by atoms with van der Waals surface area (Å²) in [7, 11) is -4.91. The Labute approximate surface area is 153 Å². The third-order valence-corrected chi connectivity index (χ3v) is 7.04. The van der Waals surface area contributed by atoms with E-state index in [2.05, 4.69) is 72.8 Å². The zero-order valence-electron chi connectivity index (χ0n) is 17.7. The first-order chi connectivity index (χ1) is 10.6. The number of hydrogen-bond donors (Lipinski definition) is 0. The number of ether oxygens (including phenoxy) is 1. The highest BCUT2D eigenvalue weighted by molar-refractivity contribution is 6.70. The summed E-state index contributed by atoms with van der Waals surface area (Å²) in [5, 5.41) is 0. The van der Waals surface area contributed by atoms with Gasteiger partial charge in [-0.3, -0.25) is 0 Å². The first-order valence-electron chi connectivity index (χ1n) is 9.24. The molecule has 5 atom stereocenters. The summed E-state index contributed by atoms with van der Waals surface area (Å²) in [4.78, 5) is 0. The van der Waals surface area contributed by atoms with Gasteiger partial charge in [-0.25, -0.2) is 0 Å². The van der Waals surface area contributed by atoms with Gasteiger partial charge in [0.25, 0.3) is 0 Å². The molecule has 0 unspecified atom stereocenters. The Morgan fingerprint density at radius 2 is 1.21 bits per heavy atom. The van der Waals surface area contributed by atoms with Crippen LogP contribution in [0.2, 0.25) is 58.9 Å². The molecule has 0 saturated carbocycles. The molecule has 1 rings (SSSR count). The highest BCUT2D eigenvalue weighted by Gasteiger charge is 2.45. The van der Waals surface area contributed by atoms with Crippen molar-refractivity contribution in [3.05, 3.63) is 0 Å². The van der Waals surface area contributed by atoms with Crippen LogP contribution in [-0.4, -0.2) is 50.1 Å². The van der Waals surface area contributed by atoms with Gasteiger partial charge in [0.2, 0.25) is 0 Å². The Bertz CT molecular complexity index is 398. The molecule has 1 fully saturated rings. The molecule has 4 nitrogen and oxygen atoms in total. The van der Waals surface area contributed by atoms with E-state index < -0.39 is 25.0 Å². The predicted molar refractivity (Wildman–Crippen MR) is 109 cm³/mol. The van der Waals surface area contributed by atoms with Gasteiger partial charge in [0.15, 0.2) is 31.2 Å². The van der Waals surface area contributed by atoms with Gasteiger partial charge in [-0.2, -0.15) is 0 Å². The van der Waals surface area contributed by atoms with Crippen LogP contribution in [0, 0.1) is 11.8 Å². The van der Waals surface area contributed by atoms with Crippen molar-refractivity contribution in [3.63, 3.8) is 0 Å². The Morgan fingerprint density at radius 3 is 1.62 bits per heavy atom. The molecule has 0 amide bonds. The van der Waals surface area contributed by atoms with Crippen molar-refractivity contribution in [2.75, 3.05) is 6.61 Å². The van der Waals surface area contributed by atoms with Gasteiger partial charge >= 0.3 is 0 Å². The van der Waals surface area contributed by atoms with E-state index in [-0.39, 0.29) is 18.5 Å². The summed E-state index contributed by atoms with van der Waals surface area (Å²) in [6.45, 7) is 25.1. The molecule has 0 aromatic rings.